The molecule has 74 valence electrons. The Morgan fingerprint density at radius 1 is 1.27 bits per heavy atom. The highest BCUT2D eigenvalue weighted by Gasteiger charge is 2.08. The summed E-state index contributed by atoms with van der Waals surface area (Å²) >= 11 is 0. The number of aromatic nitrogens is 2. The summed E-state index contributed by atoms with van der Waals surface area (Å²) in [6.45, 7) is 3.56. The molecule has 0 aromatic rings. The minimum absolute atomic E-state index is 0.686. The summed E-state index contributed by atoms with van der Waals surface area (Å²) < 4.78 is 5.42. The molecule has 1 aliphatic heterocycles. The SMILES string of the molecule is C=C/C=C/Oc1ccccc2cnnc1-2. The van der Waals surface area contributed by atoms with E-state index in [1.165, 1.54) is 0 Å². The first-order valence-electron chi connectivity index (χ1n) is 4.56. The highest BCUT2D eigenvalue weighted by atomic mass is 16.5. The number of hydrogen-bond donors (Lipinski definition) is 0. The molecule has 0 saturated heterocycles. The van der Waals surface area contributed by atoms with Gasteiger partial charge in [0, 0.05) is 5.56 Å². The molecule has 0 radical (unpaired) electrons. The van der Waals surface area contributed by atoms with Crippen LogP contribution in [0, 0.1) is 0 Å². The lowest BCUT2D eigenvalue weighted by Gasteiger charge is -1.99. The third-order valence-electron chi connectivity index (χ3n) is 1.91. The fourth-order valence-electron chi connectivity index (χ4n) is 1.23. The normalized spacial score (nSPS) is 10.7. The first kappa shape index (κ1) is 9.40. The molecule has 0 aromatic carbocycles. The summed E-state index contributed by atoms with van der Waals surface area (Å²) in [7, 11) is 0. The van der Waals surface area contributed by atoms with Crippen LogP contribution in [0.2, 0.25) is 0 Å². The van der Waals surface area contributed by atoms with Gasteiger partial charge in [0.25, 0.3) is 0 Å². The van der Waals surface area contributed by atoms with Crippen molar-refractivity contribution in [2.75, 3.05) is 0 Å². The largest absolute Gasteiger partial charge is 0.463 e. The second-order valence-electron chi connectivity index (χ2n) is 2.91. The molecular formula is C12H10N2O. The van der Waals surface area contributed by atoms with Crippen LogP contribution >= 0.6 is 0 Å². The molecule has 0 atom stereocenters. The molecule has 2 rings (SSSR count). The Morgan fingerprint density at radius 3 is 3.00 bits per heavy atom. The average molecular weight is 198 g/mol. The van der Waals surface area contributed by atoms with Gasteiger partial charge in [-0.15, -0.1) is 5.10 Å². The monoisotopic (exact) mass is 198 g/mol. The molecule has 0 spiro atoms. The lowest BCUT2D eigenvalue weighted by molar-refractivity contribution is 0.482. The van der Waals surface area contributed by atoms with Crippen molar-refractivity contribution in [3.63, 3.8) is 0 Å². The number of nitrogens with zero attached hydrogens (tertiary/aromatic N) is 2. The van der Waals surface area contributed by atoms with Gasteiger partial charge in [-0.05, 0) is 12.1 Å². The van der Waals surface area contributed by atoms with Gasteiger partial charge in [-0.25, -0.2) is 0 Å². The van der Waals surface area contributed by atoms with E-state index in [1.54, 1.807) is 24.6 Å². The second-order valence-corrected chi connectivity index (χ2v) is 2.91. The zero-order chi connectivity index (χ0) is 10.5. The molecule has 0 amide bonds. The van der Waals surface area contributed by atoms with Crippen LogP contribution in [-0.4, -0.2) is 10.2 Å². The average Bonchev–Trinajstić information content (AvgIpc) is 2.63. The highest BCUT2D eigenvalue weighted by molar-refractivity contribution is 5.65. The number of hydrogen-bond acceptors (Lipinski definition) is 3. The molecule has 0 N–H and O–H groups in total. The molecule has 3 heteroatoms. The van der Waals surface area contributed by atoms with Crippen molar-refractivity contribution >= 4 is 0 Å². The second kappa shape index (κ2) is 4.37. The van der Waals surface area contributed by atoms with Crippen molar-refractivity contribution in [2.45, 2.75) is 0 Å². The van der Waals surface area contributed by atoms with Gasteiger partial charge in [-0.1, -0.05) is 30.9 Å². The van der Waals surface area contributed by atoms with E-state index < -0.39 is 0 Å². The topological polar surface area (TPSA) is 35.0 Å². The molecule has 1 heterocycles. The van der Waals surface area contributed by atoms with Gasteiger partial charge in [-0.2, -0.15) is 5.10 Å². The van der Waals surface area contributed by atoms with Crippen molar-refractivity contribution in [2.24, 2.45) is 0 Å². The van der Waals surface area contributed by atoms with Crippen molar-refractivity contribution in [3.8, 4) is 17.0 Å². The molecule has 0 fully saturated rings. The van der Waals surface area contributed by atoms with Crippen molar-refractivity contribution in [1.29, 1.82) is 0 Å². The summed E-state index contributed by atoms with van der Waals surface area (Å²) in [5, 5.41) is 7.85. The number of rotatable bonds is 3. The van der Waals surface area contributed by atoms with Gasteiger partial charge in [-0.3, -0.25) is 0 Å². The van der Waals surface area contributed by atoms with E-state index >= 15 is 0 Å². The Hall–Kier alpha value is -2.16. The predicted octanol–water partition coefficient (Wildman–Crippen LogP) is 2.66. The highest BCUT2D eigenvalue weighted by Crippen LogP contribution is 2.27. The van der Waals surface area contributed by atoms with Crippen LogP contribution in [-0.2, 0) is 0 Å². The third-order valence-corrected chi connectivity index (χ3v) is 1.91. The van der Waals surface area contributed by atoms with E-state index in [4.69, 9.17) is 4.74 Å². The smallest absolute Gasteiger partial charge is 0.154 e. The summed E-state index contributed by atoms with van der Waals surface area (Å²) in [5.41, 5.74) is 1.72. The van der Waals surface area contributed by atoms with E-state index in [-0.39, 0.29) is 0 Å². The minimum atomic E-state index is 0.686. The number of ether oxygens (including phenoxy) is 1. The number of fused-ring (bicyclic) bond motifs is 1. The van der Waals surface area contributed by atoms with Crippen molar-refractivity contribution in [3.05, 3.63) is 55.5 Å². The van der Waals surface area contributed by atoms with Gasteiger partial charge in [0.05, 0.1) is 12.5 Å². The first-order valence-corrected chi connectivity index (χ1v) is 4.56. The summed E-state index contributed by atoms with van der Waals surface area (Å²) in [6, 6.07) is 7.62. The molecule has 2 aliphatic rings. The quantitative estimate of drug-likeness (QED) is 0.561. The van der Waals surface area contributed by atoms with Crippen LogP contribution < -0.4 is 4.74 Å². The lowest BCUT2D eigenvalue weighted by atomic mass is 10.2. The van der Waals surface area contributed by atoms with Gasteiger partial charge in [0.15, 0.2) is 5.75 Å². The molecular weight excluding hydrogens is 188 g/mol. The van der Waals surface area contributed by atoms with E-state index in [2.05, 4.69) is 16.8 Å². The van der Waals surface area contributed by atoms with Crippen LogP contribution in [0.25, 0.3) is 11.3 Å². The minimum Gasteiger partial charge on any atom is -0.463 e. The van der Waals surface area contributed by atoms with E-state index in [9.17, 15) is 0 Å². The Morgan fingerprint density at radius 2 is 2.13 bits per heavy atom. The Bertz CT molecular complexity index is 465. The summed E-state index contributed by atoms with van der Waals surface area (Å²) in [4.78, 5) is 0. The van der Waals surface area contributed by atoms with Crippen LogP contribution in [0.4, 0.5) is 0 Å². The standard InChI is InChI=1S/C12H10N2O/c1-2-3-8-15-11-7-5-4-6-10-9-13-14-12(10)11/h2-9H,1H2/b8-3+. The van der Waals surface area contributed by atoms with Gasteiger partial charge < -0.3 is 4.74 Å². The van der Waals surface area contributed by atoms with Crippen LogP contribution in [0.15, 0.2) is 55.5 Å². The maximum atomic E-state index is 5.42. The molecule has 0 aromatic heterocycles. The van der Waals surface area contributed by atoms with Gasteiger partial charge in [0.2, 0.25) is 0 Å². The predicted molar refractivity (Wildman–Crippen MR) is 58.6 cm³/mol. The molecule has 3 nitrogen and oxygen atoms in total. The molecule has 15 heavy (non-hydrogen) atoms. The third kappa shape index (κ3) is 2.02. The van der Waals surface area contributed by atoms with E-state index in [1.807, 2.05) is 24.3 Å². The van der Waals surface area contributed by atoms with Gasteiger partial charge >= 0.3 is 0 Å². The maximum absolute atomic E-state index is 5.42. The van der Waals surface area contributed by atoms with Crippen LogP contribution in [0.3, 0.4) is 0 Å². The lowest BCUT2D eigenvalue weighted by Crippen LogP contribution is -1.83. The van der Waals surface area contributed by atoms with E-state index in [0.717, 1.165) is 11.3 Å². The fraction of sp³-hybridized carbons (Fsp3) is 0. The van der Waals surface area contributed by atoms with Crippen molar-refractivity contribution in [1.82, 2.24) is 10.2 Å². The Kier molecular flexibility index (Phi) is 2.74. The van der Waals surface area contributed by atoms with Gasteiger partial charge in [0.1, 0.15) is 5.69 Å². The number of allylic oxidation sites excluding steroid dienone is 2. The fourth-order valence-corrected chi connectivity index (χ4v) is 1.23. The Balaban J connectivity index is 2.36. The molecule has 0 bridgehead atoms. The zero-order valence-corrected chi connectivity index (χ0v) is 8.13. The zero-order valence-electron chi connectivity index (χ0n) is 8.13. The van der Waals surface area contributed by atoms with Crippen molar-refractivity contribution < 1.29 is 4.74 Å². The summed E-state index contributed by atoms with van der Waals surface area (Å²) in [5.74, 6) is 0.686. The first-order chi connectivity index (χ1) is 7.42. The van der Waals surface area contributed by atoms with Crippen LogP contribution in [0.1, 0.15) is 0 Å². The molecule has 0 unspecified atom stereocenters. The molecule has 0 saturated carbocycles. The van der Waals surface area contributed by atoms with Crippen LogP contribution in [0.5, 0.6) is 5.75 Å². The Labute approximate surface area is 88.1 Å². The van der Waals surface area contributed by atoms with E-state index in [0.29, 0.717) is 5.75 Å². The molecule has 1 aliphatic carbocycles. The maximum Gasteiger partial charge on any atom is 0.154 e. The summed E-state index contributed by atoms with van der Waals surface area (Å²) in [6.07, 6.45) is 6.64.